The van der Waals surface area contributed by atoms with Crippen LogP contribution in [0.4, 0.5) is 4.39 Å². The number of carbonyl (C=O) groups is 2. The Morgan fingerprint density at radius 1 is 1.13 bits per heavy atom. The molecule has 1 saturated heterocycles. The number of rotatable bonds is 7. The highest BCUT2D eigenvalue weighted by Gasteiger charge is 2.58. The second kappa shape index (κ2) is 11.7. The van der Waals surface area contributed by atoms with Crippen LogP contribution in [0.15, 0.2) is 46.9 Å². The van der Waals surface area contributed by atoms with Gasteiger partial charge in [-0.3, -0.25) is 4.79 Å². The first-order valence-corrected chi connectivity index (χ1v) is 14.2. The van der Waals surface area contributed by atoms with Gasteiger partial charge in [-0.25, -0.2) is 9.18 Å². The van der Waals surface area contributed by atoms with Crippen LogP contribution in [-0.2, 0) is 16.1 Å². The maximum Gasteiger partial charge on any atom is 0.326 e. The summed E-state index contributed by atoms with van der Waals surface area (Å²) in [5, 5.41) is 14.2. The monoisotopic (exact) mass is 588 g/mol. The van der Waals surface area contributed by atoms with Gasteiger partial charge in [0.1, 0.15) is 17.6 Å². The normalized spacial score (nSPS) is 24.4. The van der Waals surface area contributed by atoms with Crippen LogP contribution in [0.2, 0.25) is 0 Å². The van der Waals surface area contributed by atoms with Crippen molar-refractivity contribution in [1.29, 1.82) is 0 Å². The molecule has 8 heteroatoms. The summed E-state index contributed by atoms with van der Waals surface area (Å²) < 4.78 is 21.9. The summed E-state index contributed by atoms with van der Waals surface area (Å²) in [5.74, 6) is -1.70. The zero-order valence-corrected chi connectivity index (χ0v) is 24.1. The molecule has 2 aromatic rings. The van der Waals surface area contributed by atoms with E-state index in [1.54, 1.807) is 25.3 Å². The van der Waals surface area contributed by atoms with Crippen molar-refractivity contribution in [2.75, 3.05) is 7.11 Å². The van der Waals surface area contributed by atoms with Crippen molar-refractivity contribution < 1.29 is 23.8 Å². The number of nitrogens with zero attached hydrogens (tertiary/aromatic N) is 1. The number of halogens is 2. The molecule has 1 heterocycles. The summed E-state index contributed by atoms with van der Waals surface area (Å²) in [5.41, 5.74) is 0.729. The van der Waals surface area contributed by atoms with Crippen molar-refractivity contribution in [3.8, 4) is 5.75 Å². The number of nitrogens with one attached hydrogen (secondary N) is 1. The van der Waals surface area contributed by atoms with Crippen LogP contribution in [0.1, 0.15) is 70.0 Å². The highest BCUT2D eigenvalue weighted by Crippen LogP contribution is 2.49. The zero-order chi connectivity index (χ0) is 27.6. The molecule has 4 rings (SSSR count). The van der Waals surface area contributed by atoms with Crippen LogP contribution in [0.3, 0.4) is 0 Å². The second-order valence-electron chi connectivity index (χ2n) is 11.6. The van der Waals surface area contributed by atoms with Gasteiger partial charge in [-0.05, 0) is 42.5 Å². The van der Waals surface area contributed by atoms with E-state index >= 15 is 4.39 Å². The number of carbonyl (C=O) groups excluding carboxylic acids is 1. The van der Waals surface area contributed by atoms with Crippen LogP contribution < -0.4 is 10.1 Å². The molecule has 2 fully saturated rings. The number of carboxylic acids is 1. The Balaban J connectivity index is 1.84. The molecule has 1 aliphatic carbocycles. The minimum Gasteiger partial charge on any atom is -0.496 e. The average molecular weight is 590 g/mol. The number of ether oxygens (including phenoxy) is 1. The van der Waals surface area contributed by atoms with E-state index in [-0.39, 0.29) is 11.8 Å². The Labute approximate surface area is 233 Å². The first-order chi connectivity index (χ1) is 18.0. The van der Waals surface area contributed by atoms with E-state index < -0.39 is 41.2 Å². The molecule has 6 nitrogen and oxygen atoms in total. The Morgan fingerprint density at radius 2 is 1.82 bits per heavy atom. The number of hydrogen-bond donors (Lipinski definition) is 2. The molecule has 1 amide bonds. The third-order valence-electron chi connectivity index (χ3n) is 8.12. The molecule has 0 unspecified atom stereocenters. The van der Waals surface area contributed by atoms with Crippen molar-refractivity contribution in [3.63, 3.8) is 0 Å². The van der Waals surface area contributed by atoms with Gasteiger partial charge in [-0.1, -0.05) is 74.2 Å². The molecule has 0 radical (unpaired) electrons. The van der Waals surface area contributed by atoms with Gasteiger partial charge < -0.3 is 20.1 Å². The van der Waals surface area contributed by atoms with Gasteiger partial charge in [0.2, 0.25) is 5.91 Å². The van der Waals surface area contributed by atoms with Gasteiger partial charge in [0.25, 0.3) is 0 Å². The quantitative estimate of drug-likeness (QED) is 0.395. The summed E-state index contributed by atoms with van der Waals surface area (Å²) in [6.45, 7) is 6.35. The molecule has 38 heavy (non-hydrogen) atoms. The fourth-order valence-electron chi connectivity index (χ4n) is 6.44. The molecule has 2 aromatic carbocycles. The van der Waals surface area contributed by atoms with Crippen molar-refractivity contribution >= 4 is 27.8 Å². The van der Waals surface area contributed by atoms with Gasteiger partial charge in [-0.15, -0.1) is 0 Å². The van der Waals surface area contributed by atoms with Crippen molar-refractivity contribution in [2.24, 2.45) is 17.3 Å². The smallest absolute Gasteiger partial charge is 0.326 e. The van der Waals surface area contributed by atoms with E-state index in [4.69, 9.17) is 4.74 Å². The third kappa shape index (κ3) is 5.76. The lowest BCUT2D eigenvalue weighted by Gasteiger charge is -2.36. The number of aliphatic carboxylic acids is 1. The van der Waals surface area contributed by atoms with E-state index in [1.165, 1.54) is 11.0 Å². The molecule has 1 saturated carbocycles. The van der Waals surface area contributed by atoms with E-state index in [1.807, 2.05) is 39.0 Å². The van der Waals surface area contributed by atoms with Gasteiger partial charge in [0.15, 0.2) is 0 Å². The molecular formula is C30H38BrFN2O4. The first kappa shape index (κ1) is 28.6. The van der Waals surface area contributed by atoms with Crippen molar-refractivity contribution in [2.45, 2.75) is 77.5 Å². The summed E-state index contributed by atoms with van der Waals surface area (Å²) in [6.07, 6.45) is 4.43. The van der Waals surface area contributed by atoms with Gasteiger partial charge in [0.05, 0.1) is 13.2 Å². The predicted molar refractivity (Wildman–Crippen MR) is 148 cm³/mol. The second-order valence-corrected chi connectivity index (χ2v) is 12.5. The molecule has 4 atom stereocenters. The number of methoxy groups -OCH3 is 1. The van der Waals surface area contributed by atoms with Crippen LogP contribution in [0.25, 0.3) is 0 Å². The van der Waals surface area contributed by atoms with E-state index in [0.717, 1.165) is 42.1 Å². The molecule has 2 aliphatic rings. The minimum absolute atomic E-state index is 0.177. The predicted octanol–water partition coefficient (Wildman–Crippen LogP) is 6.33. The Kier molecular flexibility index (Phi) is 8.82. The number of likely N-dealkylation sites (tertiary alicyclic amines) is 1. The Morgan fingerprint density at radius 3 is 2.42 bits per heavy atom. The zero-order valence-electron chi connectivity index (χ0n) is 22.5. The highest BCUT2D eigenvalue weighted by atomic mass is 79.9. The topological polar surface area (TPSA) is 78.9 Å². The summed E-state index contributed by atoms with van der Waals surface area (Å²) in [4.78, 5) is 28.6. The lowest BCUT2D eigenvalue weighted by atomic mass is 9.72. The standard InChI is InChI=1S/C30H38BrFN2O4/c1-30(2,3)24-25(33-17-19-16-20(31)14-15-23(19)38-4)26(21-12-8-9-13-22(21)32)34(27(24)29(36)37)28(35)18-10-6-5-7-11-18/h8-9,12-16,18,24-27,33H,5-7,10-11,17H2,1-4H3,(H,36,37)/t24-,25-,26-,27-/m0/s1. The van der Waals surface area contributed by atoms with Crippen LogP contribution in [0, 0.1) is 23.1 Å². The lowest BCUT2D eigenvalue weighted by Crippen LogP contribution is -2.49. The number of carboxylic acid groups (broad SMARTS) is 1. The molecule has 0 spiro atoms. The van der Waals surface area contributed by atoms with Crippen LogP contribution in [-0.4, -0.2) is 41.1 Å². The largest absolute Gasteiger partial charge is 0.496 e. The minimum atomic E-state index is -1.09. The maximum absolute atomic E-state index is 15.4. The van der Waals surface area contributed by atoms with Gasteiger partial charge >= 0.3 is 5.97 Å². The molecule has 0 bridgehead atoms. The van der Waals surface area contributed by atoms with E-state index in [0.29, 0.717) is 17.9 Å². The third-order valence-corrected chi connectivity index (χ3v) is 8.62. The summed E-state index contributed by atoms with van der Waals surface area (Å²) in [6, 6.07) is 9.77. The number of amides is 1. The molecule has 0 aromatic heterocycles. The lowest BCUT2D eigenvalue weighted by molar-refractivity contribution is -0.154. The summed E-state index contributed by atoms with van der Waals surface area (Å²) >= 11 is 3.52. The summed E-state index contributed by atoms with van der Waals surface area (Å²) in [7, 11) is 1.60. The molecule has 206 valence electrons. The van der Waals surface area contributed by atoms with Gasteiger partial charge in [0, 0.05) is 40.0 Å². The highest BCUT2D eigenvalue weighted by molar-refractivity contribution is 9.10. The average Bonchev–Trinajstić information content (AvgIpc) is 3.23. The Bertz CT molecular complexity index is 1160. The SMILES string of the molecule is COc1ccc(Br)cc1CN[C@H]1[C@H](C(C)(C)C)[C@@H](C(=O)O)N(C(=O)C2CCCCC2)[C@H]1c1ccccc1F. The number of hydrogen-bond acceptors (Lipinski definition) is 4. The molecule has 2 N–H and O–H groups in total. The molecule has 1 aliphatic heterocycles. The van der Waals surface area contributed by atoms with E-state index in [9.17, 15) is 14.7 Å². The molecular weight excluding hydrogens is 551 g/mol. The Hall–Kier alpha value is -2.45. The van der Waals surface area contributed by atoms with Crippen molar-refractivity contribution in [3.05, 3.63) is 63.9 Å². The first-order valence-electron chi connectivity index (χ1n) is 13.4. The van der Waals surface area contributed by atoms with Crippen molar-refractivity contribution in [1.82, 2.24) is 10.2 Å². The van der Waals surface area contributed by atoms with E-state index in [2.05, 4.69) is 21.2 Å². The maximum atomic E-state index is 15.4. The fraction of sp³-hybridized carbons (Fsp3) is 0.533. The van der Waals surface area contributed by atoms with Crippen LogP contribution >= 0.6 is 15.9 Å². The van der Waals surface area contributed by atoms with Crippen LogP contribution in [0.5, 0.6) is 5.75 Å². The fourth-order valence-corrected chi connectivity index (χ4v) is 6.85. The number of benzene rings is 2. The van der Waals surface area contributed by atoms with Gasteiger partial charge in [-0.2, -0.15) is 0 Å².